The number of nitrogens with two attached hydrogens (primary N) is 1. The highest BCUT2D eigenvalue weighted by Gasteiger charge is 2.08. The Hall–Kier alpha value is -1.52. The lowest BCUT2D eigenvalue weighted by molar-refractivity contribution is 0.379. The third-order valence-corrected chi connectivity index (χ3v) is 3.60. The summed E-state index contributed by atoms with van der Waals surface area (Å²) < 4.78 is 12.1. The van der Waals surface area contributed by atoms with E-state index in [1.165, 1.54) is 5.56 Å². The van der Waals surface area contributed by atoms with Gasteiger partial charge in [0, 0.05) is 10.5 Å². The SMILES string of the molecule is COc1ccccc1Oc1ccc(CC(C)N)c(Br)c1. The van der Waals surface area contributed by atoms with E-state index in [0.29, 0.717) is 11.5 Å². The maximum absolute atomic E-state index is 5.85. The summed E-state index contributed by atoms with van der Waals surface area (Å²) in [6.45, 7) is 1.99. The fourth-order valence-electron chi connectivity index (χ4n) is 1.93. The minimum Gasteiger partial charge on any atom is -0.493 e. The molecule has 2 rings (SSSR count). The van der Waals surface area contributed by atoms with Gasteiger partial charge in [0.05, 0.1) is 7.11 Å². The second-order valence-electron chi connectivity index (χ2n) is 4.69. The number of ether oxygens (including phenoxy) is 2. The van der Waals surface area contributed by atoms with E-state index < -0.39 is 0 Å². The Morgan fingerprint density at radius 3 is 2.45 bits per heavy atom. The third-order valence-electron chi connectivity index (χ3n) is 2.86. The molecule has 0 heterocycles. The number of hydrogen-bond donors (Lipinski definition) is 1. The largest absolute Gasteiger partial charge is 0.493 e. The molecule has 0 bridgehead atoms. The number of para-hydroxylation sites is 2. The number of rotatable bonds is 5. The number of benzene rings is 2. The van der Waals surface area contributed by atoms with Crippen molar-refractivity contribution in [3.63, 3.8) is 0 Å². The molecule has 2 aromatic carbocycles. The molecule has 106 valence electrons. The quantitative estimate of drug-likeness (QED) is 0.892. The molecule has 0 spiro atoms. The first-order chi connectivity index (χ1) is 9.60. The van der Waals surface area contributed by atoms with Crippen molar-refractivity contribution in [3.8, 4) is 17.2 Å². The summed E-state index contributed by atoms with van der Waals surface area (Å²) in [4.78, 5) is 0. The monoisotopic (exact) mass is 335 g/mol. The molecule has 1 unspecified atom stereocenters. The minimum absolute atomic E-state index is 0.132. The highest BCUT2D eigenvalue weighted by molar-refractivity contribution is 9.10. The lowest BCUT2D eigenvalue weighted by Crippen LogP contribution is -2.17. The summed E-state index contributed by atoms with van der Waals surface area (Å²) in [6, 6.07) is 13.6. The summed E-state index contributed by atoms with van der Waals surface area (Å²) in [5.74, 6) is 2.17. The fraction of sp³-hybridized carbons (Fsp3) is 0.250. The van der Waals surface area contributed by atoms with Gasteiger partial charge in [0.1, 0.15) is 5.75 Å². The Bertz CT molecular complexity index is 584. The standard InChI is InChI=1S/C16H18BrNO2/c1-11(18)9-12-7-8-13(10-14(12)17)20-16-6-4-3-5-15(16)19-2/h3-8,10-11H,9,18H2,1-2H3. The van der Waals surface area contributed by atoms with Crippen molar-refractivity contribution in [2.45, 2.75) is 19.4 Å². The molecule has 0 saturated heterocycles. The van der Waals surface area contributed by atoms with Crippen LogP contribution in [0.1, 0.15) is 12.5 Å². The number of halogens is 1. The van der Waals surface area contributed by atoms with E-state index in [-0.39, 0.29) is 6.04 Å². The number of hydrogen-bond acceptors (Lipinski definition) is 3. The van der Waals surface area contributed by atoms with Gasteiger partial charge in [0.2, 0.25) is 0 Å². The van der Waals surface area contributed by atoms with Crippen LogP contribution in [0.4, 0.5) is 0 Å². The molecule has 3 nitrogen and oxygen atoms in total. The summed E-state index contributed by atoms with van der Waals surface area (Å²) >= 11 is 3.56. The molecule has 0 radical (unpaired) electrons. The van der Waals surface area contributed by atoms with Gasteiger partial charge in [0.25, 0.3) is 0 Å². The molecular weight excluding hydrogens is 318 g/mol. The zero-order chi connectivity index (χ0) is 14.5. The lowest BCUT2D eigenvalue weighted by Gasteiger charge is -2.12. The molecule has 0 aromatic heterocycles. The van der Waals surface area contributed by atoms with Crippen molar-refractivity contribution >= 4 is 15.9 Å². The van der Waals surface area contributed by atoms with E-state index in [2.05, 4.69) is 15.9 Å². The summed E-state index contributed by atoms with van der Waals surface area (Å²) in [5.41, 5.74) is 7.00. The first kappa shape index (κ1) is 14.9. The molecule has 1 atom stereocenters. The van der Waals surface area contributed by atoms with Crippen molar-refractivity contribution in [3.05, 3.63) is 52.5 Å². The van der Waals surface area contributed by atoms with Crippen molar-refractivity contribution in [1.82, 2.24) is 0 Å². The fourth-order valence-corrected chi connectivity index (χ4v) is 2.45. The van der Waals surface area contributed by atoms with Crippen molar-refractivity contribution in [2.75, 3.05) is 7.11 Å². The van der Waals surface area contributed by atoms with E-state index in [9.17, 15) is 0 Å². The van der Waals surface area contributed by atoms with Crippen LogP contribution >= 0.6 is 15.9 Å². The molecule has 2 N–H and O–H groups in total. The van der Waals surface area contributed by atoms with E-state index >= 15 is 0 Å². The molecule has 0 saturated carbocycles. The Morgan fingerprint density at radius 2 is 1.85 bits per heavy atom. The van der Waals surface area contributed by atoms with Gasteiger partial charge in [-0.05, 0) is 43.2 Å². The Labute approximate surface area is 127 Å². The minimum atomic E-state index is 0.132. The molecule has 0 fully saturated rings. The second kappa shape index (κ2) is 6.77. The van der Waals surface area contributed by atoms with Crippen molar-refractivity contribution in [1.29, 1.82) is 0 Å². The maximum atomic E-state index is 5.85. The topological polar surface area (TPSA) is 44.5 Å². The Morgan fingerprint density at radius 1 is 1.15 bits per heavy atom. The Balaban J connectivity index is 2.20. The van der Waals surface area contributed by atoms with E-state index in [0.717, 1.165) is 16.6 Å². The van der Waals surface area contributed by atoms with Crippen LogP contribution in [0.2, 0.25) is 0 Å². The van der Waals surface area contributed by atoms with Gasteiger partial charge in [0.15, 0.2) is 11.5 Å². The zero-order valence-electron chi connectivity index (χ0n) is 11.6. The van der Waals surface area contributed by atoms with Gasteiger partial charge >= 0.3 is 0 Å². The van der Waals surface area contributed by atoms with Crippen LogP contribution < -0.4 is 15.2 Å². The molecule has 0 aliphatic rings. The van der Waals surface area contributed by atoms with E-state index in [4.69, 9.17) is 15.2 Å². The highest BCUT2D eigenvalue weighted by Crippen LogP contribution is 2.33. The van der Waals surface area contributed by atoms with Crippen LogP contribution in [-0.4, -0.2) is 13.2 Å². The molecule has 2 aromatic rings. The normalized spacial score (nSPS) is 12.0. The second-order valence-corrected chi connectivity index (χ2v) is 5.54. The predicted molar refractivity (Wildman–Crippen MR) is 84.6 cm³/mol. The zero-order valence-corrected chi connectivity index (χ0v) is 13.2. The van der Waals surface area contributed by atoms with Crippen LogP contribution in [0.3, 0.4) is 0 Å². The maximum Gasteiger partial charge on any atom is 0.169 e. The molecular formula is C16H18BrNO2. The predicted octanol–water partition coefficient (Wildman–Crippen LogP) is 4.14. The molecule has 4 heteroatoms. The first-order valence-electron chi connectivity index (χ1n) is 6.45. The van der Waals surface area contributed by atoms with Crippen LogP contribution in [0, 0.1) is 0 Å². The average molecular weight is 336 g/mol. The summed E-state index contributed by atoms with van der Waals surface area (Å²) in [5, 5.41) is 0. The van der Waals surface area contributed by atoms with Crippen molar-refractivity contribution in [2.24, 2.45) is 5.73 Å². The molecule has 20 heavy (non-hydrogen) atoms. The summed E-state index contributed by atoms with van der Waals surface area (Å²) in [6.07, 6.45) is 0.829. The number of methoxy groups -OCH3 is 1. The van der Waals surface area contributed by atoms with E-state index in [1.807, 2.05) is 49.4 Å². The van der Waals surface area contributed by atoms with Crippen molar-refractivity contribution < 1.29 is 9.47 Å². The van der Waals surface area contributed by atoms with Crippen LogP contribution in [0.5, 0.6) is 17.2 Å². The van der Waals surface area contributed by atoms with Crippen LogP contribution in [-0.2, 0) is 6.42 Å². The third kappa shape index (κ3) is 3.74. The molecule has 0 aliphatic heterocycles. The van der Waals surface area contributed by atoms with Gasteiger partial charge in [-0.3, -0.25) is 0 Å². The molecule has 0 aliphatic carbocycles. The lowest BCUT2D eigenvalue weighted by atomic mass is 10.1. The first-order valence-corrected chi connectivity index (χ1v) is 7.24. The van der Waals surface area contributed by atoms with Gasteiger partial charge in [-0.1, -0.05) is 34.1 Å². The van der Waals surface area contributed by atoms with Gasteiger partial charge in [-0.25, -0.2) is 0 Å². The molecule has 0 amide bonds. The van der Waals surface area contributed by atoms with Gasteiger partial charge < -0.3 is 15.2 Å². The van der Waals surface area contributed by atoms with Gasteiger partial charge in [-0.15, -0.1) is 0 Å². The summed E-state index contributed by atoms with van der Waals surface area (Å²) in [7, 11) is 1.63. The average Bonchev–Trinajstić information content (AvgIpc) is 2.42. The Kier molecular flexibility index (Phi) is 5.04. The van der Waals surface area contributed by atoms with E-state index in [1.54, 1.807) is 7.11 Å². The van der Waals surface area contributed by atoms with Crippen LogP contribution in [0.25, 0.3) is 0 Å². The van der Waals surface area contributed by atoms with Crippen LogP contribution in [0.15, 0.2) is 46.9 Å². The van der Waals surface area contributed by atoms with Gasteiger partial charge in [-0.2, -0.15) is 0 Å². The smallest absolute Gasteiger partial charge is 0.169 e. The highest BCUT2D eigenvalue weighted by atomic mass is 79.9.